The smallest absolute Gasteiger partial charge is 0.320 e. The number of hydrogen-bond donors (Lipinski definition) is 0. The summed E-state index contributed by atoms with van der Waals surface area (Å²) in [6, 6.07) is 7.15. The number of carbonyl (C=O) groups is 2. The maximum atomic E-state index is 12.0. The number of thiocarbonyl (C=S) groups is 1. The van der Waals surface area contributed by atoms with Gasteiger partial charge in [-0.25, -0.2) is 0 Å². The van der Waals surface area contributed by atoms with Crippen molar-refractivity contribution in [2.45, 2.75) is 0 Å². The molecule has 0 fully saturated rings. The van der Waals surface area contributed by atoms with Crippen molar-refractivity contribution in [3.05, 3.63) is 35.4 Å². The maximum absolute atomic E-state index is 12.0. The van der Waals surface area contributed by atoms with Crippen molar-refractivity contribution < 1.29 is 14.3 Å². The van der Waals surface area contributed by atoms with Crippen molar-refractivity contribution in [1.29, 1.82) is 0 Å². The minimum Gasteiger partial charge on any atom is -0.463 e. The lowest BCUT2D eigenvalue weighted by Gasteiger charge is -2.15. The van der Waals surface area contributed by atoms with Crippen LogP contribution in [0, 0.1) is 0 Å². The van der Waals surface area contributed by atoms with Gasteiger partial charge < -0.3 is 4.74 Å². The number of amides is 1. The van der Waals surface area contributed by atoms with E-state index in [9.17, 15) is 9.59 Å². The number of carbonyl (C=O) groups excluding carboxylic acids is 2. The van der Waals surface area contributed by atoms with E-state index in [0.717, 1.165) is 5.56 Å². The number of nitrogens with zero attached hydrogens (tertiary/aromatic N) is 1. The molecule has 0 atom stereocenters. The lowest BCUT2D eigenvalue weighted by molar-refractivity contribution is -0.140. The lowest BCUT2D eigenvalue weighted by atomic mass is 10.1. The van der Waals surface area contributed by atoms with Gasteiger partial charge in [0.05, 0.1) is 12.1 Å². The summed E-state index contributed by atoms with van der Waals surface area (Å²) in [7, 11) is 0. The van der Waals surface area contributed by atoms with Gasteiger partial charge in [0.2, 0.25) is 0 Å². The van der Waals surface area contributed by atoms with Crippen LogP contribution in [0.5, 0.6) is 0 Å². The molecule has 94 valence electrons. The van der Waals surface area contributed by atoms with Crippen LogP contribution in [0.15, 0.2) is 24.3 Å². The Labute approximate surface area is 114 Å². The Morgan fingerprint density at radius 2 is 2.00 bits per heavy atom. The van der Waals surface area contributed by atoms with Gasteiger partial charge in [0.25, 0.3) is 5.91 Å². The van der Waals surface area contributed by atoms with Gasteiger partial charge in [-0.3, -0.25) is 14.5 Å². The first-order valence-corrected chi connectivity index (χ1v) is 6.26. The zero-order valence-electron chi connectivity index (χ0n) is 9.39. The van der Waals surface area contributed by atoms with Gasteiger partial charge in [0.1, 0.15) is 17.5 Å². The molecule has 0 aliphatic carbocycles. The molecule has 6 heteroatoms. The molecule has 4 nitrogen and oxygen atoms in total. The van der Waals surface area contributed by atoms with Crippen LogP contribution in [-0.4, -0.2) is 40.8 Å². The van der Waals surface area contributed by atoms with Gasteiger partial charge >= 0.3 is 5.97 Å². The Morgan fingerprint density at radius 1 is 1.33 bits per heavy atom. The summed E-state index contributed by atoms with van der Waals surface area (Å²) in [5, 5.41) is 0. The Bertz CT molecular complexity index is 483. The normalized spacial score (nSPS) is 13.7. The third kappa shape index (κ3) is 2.37. The molecule has 0 N–H and O–H groups in total. The van der Waals surface area contributed by atoms with Crippen molar-refractivity contribution in [1.82, 2.24) is 4.90 Å². The summed E-state index contributed by atoms with van der Waals surface area (Å²) in [5.74, 6) is -0.859. The molecular weight excluding hydrogens is 274 g/mol. The van der Waals surface area contributed by atoms with Crippen molar-refractivity contribution in [3.8, 4) is 0 Å². The molecule has 2 rings (SSSR count). The van der Waals surface area contributed by atoms with E-state index < -0.39 is 5.97 Å². The summed E-state index contributed by atoms with van der Waals surface area (Å²) in [5.41, 5.74) is 1.34. The number of alkyl halides is 1. The molecule has 1 heterocycles. The summed E-state index contributed by atoms with van der Waals surface area (Å²) >= 11 is 10.5. The van der Waals surface area contributed by atoms with Gasteiger partial charge in [-0.2, -0.15) is 0 Å². The average molecular weight is 284 g/mol. The first kappa shape index (κ1) is 13.0. The van der Waals surface area contributed by atoms with E-state index in [2.05, 4.69) is 0 Å². The highest BCUT2D eigenvalue weighted by molar-refractivity contribution is 7.80. The molecule has 1 amide bonds. The number of benzene rings is 1. The Morgan fingerprint density at radius 3 is 2.61 bits per heavy atom. The summed E-state index contributed by atoms with van der Waals surface area (Å²) in [6.07, 6.45) is 0. The Kier molecular flexibility index (Phi) is 3.93. The van der Waals surface area contributed by atoms with Crippen LogP contribution in [0.3, 0.4) is 0 Å². The number of halogens is 1. The van der Waals surface area contributed by atoms with Crippen LogP contribution in [0.2, 0.25) is 0 Å². The topological polar surface area (TPSA) is 46.6 Å². The predicted octanol–water partition coefficient (Wildman–Crippen LogP) is 1.60. The maximum Gasteiger partial charge on any atom is 0.320 e. The zero-order valence-corrected chi connectivity index (χ0v) is 11.0. The summed E-state index contributed by atoms with van der Waals surface area (Å²) < 4.78 is 4.82. The van der Waals surface area contributed by atoms with Crippen LogP contribution in [0.25, 0.3) is 0 Å². The SMILES string of the molecule is O=C(CCl)OCCN1C(=O)c2ccccc2C1=S. The Balaban J connectivity index is 2.03. The molecule has 18 heavy (non-hydrogen) atoms. The third-order valence-corrected chi connectivity index (χ3v) is 3.22. The molecule has 0 saturated carbocycles. The number of hydrogen-bond acceptors (Lipinski definition) is 4. The molecule has 0 unspecified atom stereocenters. The Hall–Kier alpha value is -1.46. The molecule has 0 aromatic heterocycles. The van der Waals surface area contributed by atoms with Gasteiger partial charge in [0.15, 0.2) is 0 Å². The van der Waals surface area contributed by atoms with Crippen LogP contribution < -0.4 is 0 Å². The van der Waals surface area contributed by atoms with Crippen molar-refractivity contribution >= 4 is 40.7 Å². The van der Waals surface area contributed by atoms with Gasteiger partial charge in [0, 0.05) is 5.56 Å². The number of rotatable bonds is 4. The fourth-order valence-corrected chi connectivity index (χ4v) is 2.16. The molecule has 0 spiro atoms. The molecule has 1 aliphatic heterocycles. The minimum atomic E-state index is -0.508. The monoisotopic (exact) mass is 283 g/mol. The molecule has 1 aromatic rings. The van der Waals surface area contributed by atoms with E-state index in [1.54, 1.807) is 18.2 Å². The van der Waals surface area contributed by atoms with E-state index in [4.69, 9.17) is 28.6 Å². The second-order valence-electron chi connectivity index (χ2n) is 3.66. The van der Waals surface area contributed by atoms with Crippen LogP contribution in [0.1, 0.15) is 15.9 Å². The highest BCUT2D eigenvalue weighted by atomic mass is 35.5. The second-order valence-corrected chi connectivity index (χ2v) is 4.32. The average Bonchev–Trinajstić information content (AvgIpc) is 2.64. The van der Waals surface area contributed by atoms with Crippen LogP contribution in [-0.2, 0) is 9.53 Å². The first-order chi connectivity index (χ1) is 8.65. The van der Waals surface area contributed by atoms with Gasteiger partial charge in [-0.1, -0.05) is 30.4 Å². The molecule has 1 aromatic carbocycles. The van der Waals surface area contributed by atoms with E-state index >= 15 is 0 Å². The highest BCUT2D eigenvalue weighted by Gasteiger charge is 2.31. The van der Waals surface area contributed by atoms with Crippen molar-refractivity contribution in [2.75, 3.05) is 19.0 Å². The fourth-order valence-electron chi connectivity index (χ4n) is 1.73. The molecular formula is C12H10ClNO3S. The van der Waals surface area contributed by atoms with E-state index in [1.807, 2.05) is 6.07 Å². The van der Waals surface area contributed by atoms with Gasteiger partial charge in [-0.15, -0.1) is 11.6 Å². The number of ether oxygens (including phenoxy) is 1. The second kappa shape index (κ2) is 5.46. The van der Waals surface area contributed by atoms with Crippen molar-refractivity contribution in [3.63, 3.8) is 0 Å². The van der Waals surface area contributed by atoms with E-state index in [-0.39, 0.29) is 24.9 Å². The third-order valence-electron chi connectivity index (χ3n) is 2.57. The first-order valence-electron chi connectivity index (χ1n) is 5.32. The number of fused-ring (bicyclic) bond motifs is 1. The van der Waals surface area contributed by atoms with E-state index in [1.165, 1.54) is 4.90 Å². The van der Waals surface area contributed by atoms with E-state index in [0.29, 0.717) is 10.6 Å². The van der Waals surface area contributed by atoms with Crippen LogP contribution in [0.4, 0.5) is 0 Å². The minimum absolute atomic E-state index is 0.0887. The van der Waals surface area contributed by atoms with Crippen LogP contribution >= 0.6 is 23.8 Å². The lowest BCUT2D eigenvalue weighted by Crippen LogP contribution is -2.33. The summed E-state index contributed by atoms with van der Waals surface area (Å²) in [6.45, 7) is 0.334. The highest BCUT2D eigenvalue weighted by Crippen LogP contribution is 2.22. The molecule has 1 aliphatic rings. The summed E-state index contributed by atoms with van der Waals surface area (Å²) in [4.78, 5) is 24.8. The molecule has 0 radical (unpaired) electrons. The molecule has 0 bridgehead atoms. The predicted molar refractivity (Wildman–Crippen MR) is 70.9 cm³/mol. The fraction of sp³-hybridized carbons (Fsp3) is 0.250. The largest absolute Gasteiger partial charge is 0.463 e. The quantitative estimate of drug-likeness (QED) is 0.478. The van der Waals surface area contributed by atoms with Gasteiger partial charge in [-0.05, 0) is 6.07 Å². The molecule has 0 saturated heterocycles. The zero-order chi connectivity index (χ0) is 13.1. The standard InChI is InChI=1S/C12H10ClNO3S/c13-7-10(15)17-6-5-14-11(16)8-3-1-2-4-9(8)12(14)18/h1-4H,5-7H2. The van der Waals surface area contributed by atoms with Crippen molar-refractivity contribution in [2.24, 2.45) is 0 Å². The number of esters is 1.